The van der Waals surface area contributed by atoms with E-state index >= 15 is 0 Å². The molecular weight excluding hydrogens is 192 g/mol. The van der Waals surface area contributed by atoms with E-state index in [0.717, 1.165) is 5.76 Å². The van der Waals surface area contributed by atoms with Gasteiger partial charge in [-0.3, -0.25) is 5.84 Å². The topological polar surface area (TPSA) is 60.4 Å². The number of hydrazine groups is 1. The molecule has 0 spiro atoms. The first-order valence-electron chi connectivity index (χ1n) is 5.48. The van der Waals surface area contributed by atoms with Gasteiger partial charge in [0.05, 0.1) is 12.4 Å². The molecule has 0 radical (unpaired) electrons. The lowest BCUT2D eigenvalue weighted by Gasteiger charge is -2.24. The van der Waals surface area contributed by atoms with Crippen LogP contribution in [0.3, 0.4) is 0 Å². The fourth-order valence-electron chi connectivity index (χ4n) is 1.93. The molecule has 1 aromatic rings. The summed E-state index contributed by atoms with van der Waals surface area (Å²) in [7, 11) is 0. The third kappa shape index (κ3) is 2.40. The number of hydrogen-bond donors (Lipinski definition) is 2. The molecule has 0 aromatic carbocycles. The molecule has 0 bridgehead atoms. The highest BCUT2D eigenvalue weighted by Crippen LogP contribution is 2.39. The van der Waals surface area contributed by atoms with Crippen molar-refractivity contribution in [1.29, 1.82) is 0 Å². The predicted octanol–water partition coefficient (Wildman–Crippen LogP) is 1.60. The van der Waals surface area contributed by atoms with Gasteiger partial charge in [-0.15, -0.1) is 0 Å². The van der Waals surface area contributed by atoms with Crippen LogP contribution in [0.2, 0.25) is 0 Å². The van der Waals surface area contributed by atoms with Gasteiger partial charge in [0.2, 0.25) is 0 Å². The zero-order chi connectivity index (χ0) is 10.7. The van der Waals surface area contributed by atoms with Gasteiger partial charge in [-0.2, -0.15) is 0 Å². The summed E-state index contributed by atoms with van der Waals surface area (Å²) in [5.74, 6) is 7.04. The second kappa shape index (κ2) is 4.79. The summed E-state index contributed by atoms with van der Waals surface area (Å²) < 4.78 is 11.1. The van der Waals surface area contributed by atoms with Crippen molar-refractivity contribution >= 4 is 0 Å². The Kier molecular flexibility index (Phi) is 3.41. The maximum absolute atomic E-state index is 5.74. The van der Waals surface area contributed by atoms with Crippen LogP contribution in [0.5, 0.6) is 0 Å². The molecule has 0 aliphatic heterocycles. The molecule has 1 fully saturated rings. The average molecular weight is 210 g/mol. The Labute approximate surface area is 89.7 Å². The molecule has 2 rings (SSSR count). The van der Waals surface area contributed by atoms with Crippen LogP contribution in [-0.4, -0.2) is 12.7 Å². The fraction of sp³-hybridized carbons (Fsp3) is 0.636. The Hall–Kier alpha value is -0.840. The highest BCUT2D eigenvalue weighted by atomic mass is 16.5. The van der Waals surface area contributed by atoms with Gasteiger partial charge in [-0.25, -0.2) is 5.43 Å². The van der Waals surface area contributed by atoms with Gasteiger partial charge >= 0.3 is 0 Å². The van der Waals surface area contributed by atoms with Crippen molar-refractivity contribution in [1.82, 2.24) is 5.43 Å². The first-order valence-corrected chi connectivity index (χ1v) is 5.48. The summed E-state index contributed by atoms with van der Waals surface area (Å²) in [6.07, 6.45) is 4.24. The number of hydrogen-bond acceptors (Lipinski definition) is 4. The second-order valence-corrected chi connectivity index (χ2v) is 3.92. The molecule has 0 amide bonds. The molecule has 1 aromatic heterocycles. The van der Waals surface area contributed by atoms with E-state index in [1.165, 1.54) is 12.8 Å². The molecule has 4 nitrogen and oxygen atoms in total. The summed E-state index contributed by atoms with van der Waals surface area (Å²) in [4.78, 5) is 0. The molecule has 84 valence electrons. The molecule has 1 saturated carbocycles. The zero-order valence-electron chi connectivity index (χ0n) is 8.98. The van der Waals surface area contributed by atoms with Crippen LogP contribution in [0.15, 0.2) is 22.8 Å². The highest BCUT2D eigenvalue weighted by Gasteiger charge is 2.38. The lowest BCUT2D eigenvalue weighted by atomic mass is 10.0. The summed E-state index contributed by atoms with van der Waals surface area (Å²) in [5.41, 5.74) is 2.79. The smallest absolute Gasteiger partial charge is 0.124 e. The monoisotopic (exact) mass is 210 g/mol. The molecule has 1 heterocycles. The fourth-order valence-corrected chi connectivity index (χ4v) is 1.93. The van der Waals surface area contributed by atoms with Crippen molar-refractivity contribution in [3.05, 3.63) is 24.2 Å². The Morgan fingerprint density at radius 1 is 1.67 bits per heavy atom. The van der Waals surface area contributed by atoms with Gasteiger partial charge in [0.15, 0.2) is 0 Å². The summed E-state index contributed by atoms with van der Waals surface area (Å²) in [5, 5.41) is 0. The van der Waals surface area contributed by atoms with Crippen molar-refractivity contribution in [3.8, 4) is 0 Å². The van der Waals surface area contributed by atoms with E-state index in [0.29, 0.717) is 12.5 Å². The van der Waals surface area contributed by atoms with E-state index in [-0.39, 0.29) is 12.1 Å². The van der Waals surface area contributed by atoms with Gasteiger partial charge in [-0.05, 0) is 37.8 Å². The van der Waals surface area contributed by atoms with Gasteiger partial charge in [0, 0.05) is 6.61 Å². The largest absolute Gasteiger partial charge is 0.468 e. The Balaban J connectivity index is 2.08. The first kappa shape index (κ1) is 10.7. The SMILES string of the molecule is CCOC(C1CC1)C(NN)c1ccco1. The number of nitrogens with two attached hydrogens (primary N) is 1. The van der Waals surface area contributed by atoms with E-state index in [9.17, 15) is 0 Å². The zero-order valence-corrected chi connectivity index (χ0v) is 8.98. The molecule has 3 N–H and O–H groups in total. The quantitative estimate of drug-likeness (QED) is 0.553. The molecule has 15 heavy (non-hydrogen) atoms. The number of furan rings is 1. The van der Waals surface area contributed by atoms with Crippen LogP contribution < -0.4 is 11.3 Å². The van der Waals surface area contributed by atoms with E-state index in [1.807, 2.05) is 19.1 Å². The van der Waals surface area contributed by atoms with Crippen LogP contribution >= 0.6 is 0 Å². The predicted molar refractivity (Wildman–Crippen MR) is 56.9 cm³/mol. The third-order valence-electron chi connectivity index (χ3n) is 2.80. The maximum atomic E-state index is 5.74. The average Bonchev–Trinajstić information content (AvgIpc) is 2.96. The highest BCUT2D eigenvalue weighted by molar-refractivity contribution is 5.08. The maximum Gasteiger partial charge on any atom is 0.124 e. The summed E-state index contributed by atoms with van der Waals surface area (Å²) >= 11 is 0. The molecule has 2 atom stereocenters. The van der Waals surface area contributed by atoms with Crippen LogP contribution in [-0.2, 0) is 4.74 Å². The van der Waals surface area contributed by atoms with E-state index in [2.05, 4.69) is 5.43 Å². The Bertz CT molecular complexity index is 283. The Morgan fingerprint density at radius 3 is 2.93 bits per heavy atom. The van der Waals surface area contributed by atoms with Crippen molar-refractivity contribution in [2.45, 2.75) is 31.9 Å². The van der Waals surface area contributed by atoms with E-state index in [4.69, 9.17) is 15.0 Å². The van der Waals surface area contributed by atoms with E-state index in [1.54, 1.807) is 6.26 Å². The molecule has 1 aliphatic carbocycles. The standard InChI is InChI=1S/C11H18N2O2/c1-2-14-11(8-5-6-8)10(13-12)9-4-3-7-15-9/h3-4,7-8,10-11,13H,2,5-6,12H2,1H3. The van der Waals surface area contributed by atoms with Gasteiger partial charge in [0.25, 0.3) is 0 Å². The molecule has 0 saturated heterocycles. The van der Waals surface area contributed by atoms with Crippen LogP contribution in [0.25, 0.3) is 0 Å². The molecule has 1 aliphatic rings. The first-order chi connectivity index (χ1) is 7.36. The van der Waals surface area contributed by atoms with Gasteiger partial charge in [-0.1, -0.05) is 0 Å². The van der Waals surface area contributed by atoms with Crippen LogP contribution in [0.1, 0.15) is 31.6 Å². The van der Waals surface area contributed by atoms with Crippen molar-refractivity contribution < 1.29 is 9.15 Å². The Morgan fingerprint density at radius 2 is 2.47 bits per heavy atom. The minimum atomic E-state index is -0.0348. The van der Waals surface area contributed by atoms with Crippen LogP contribution in [0, 0.1) is 5.92 Å². The second-order valence-electron chi connectivity index (χ2n) is 3.92. The normalized spacial score (nSPS) is 20.1. The third-order valence-corrected chi connectivity index (χ3v) is 2.80. The molecule has 2 unspecified atom stereocenters. The minimum absolute atomic E-state index is 0.0348. The van der Waals surface area contributed by atoms with Crippen molar-refractivity contribution in [2.75, 3.05) is 6.61 Å². The lowest BCUT2D eigenvalue weighted by molar-refractivity contribution is 0.0132. The van der Waals surface area contributed by atoms with Crippen molar-refractivity contribution in [3.63, 3.8) is 0 Å². The van der Waals surface area contributed by atoms with E-state index < -0.39 is 0 Å². The minimum Gasteiger partial charge on any atom is -0.468 e. The molecule has 4 heteroatoms. The summed E-state index contributed by atoms with van der Waals surface area (Å²) in [6, 6.07) is 3.77. The lowest BCUT2D eigenvalue weighted by Crippen LogP contribution is -2.39. The number of nitrogens with one attached hydrogen (secondary N) is 1. The van der Waals surface area contributed by atoms with Gasteiger partial charge < -0.3 is 9.15 Å². The molecular formula is C11H18N2O2. The summed E-state index contributed by atoms with van der Waals surface area (Å²) in [6.45, 7) is 2.71. The van der Waals surface area contributed by atoms with Crippen molar-refractivity contribution in [2.24, 2.45) is 11.8 Å². The number of ether oxygens (including phenoxy) is 1. The van der Waals surface area contributed by atoms with Gasteiger partial charge in [0.1, 0.15) is 11.8 Å². The van der Waals surface area contributed by atoms with Crippen LogP contribution in [0.4, 0.5) is 0 Å². The number of rotatable bonds is 6.